The third-order valence-corrected chi connectivity index (χ3v) is 4.22. The Labute approximate surface area is 161 Å². The van der Waals surface area contributed by atoms with Gasteiger partial charge < -0.3 is 24.8 Å². The first kappa shape index (κ1) is 20.4. The van der Waals surface area contributed by atoms with Gasteiger partial charge in [-0.1, -0.05) is 24.3 Å². The first-order valence-corrected chi connectivity index (χ1v) is 9.06. The molecule has 0 radical (unpaired) electrons. The van der Waals surface area contributed by atoms with Gasteiger partial charge in [-0.3, -0.25) is 4.99 Å². The van der Waals surface area contributed by atoms with Gasteiger partial charge in [0.2, 0.25) is 0 Å². The van der Waals surface area contributed by atoms with E-state index in [0.717, 1.165) is 30.4 Å². The molecular formula is C21H29N3O3. The summed E-state index contributed by atoms with van der Waals surface area (Å²) >= 11 is 0. The zero-order valence-electron chi connectivity index (χ0n) is 16.5. The lowest BCUT2D eigenvalue weighted by Crippen LogP contribution is -2.38. The second-order valence-electron chi connectivity index (χ2n) is 6.16. The zero-order valence-corrected chi connectivity index (χ0v) is 16.5. The van der Waals surface area contributed by atoms with E-state index in [1.807, 2.05) is 50.4 Å². The fourth-order valence-electron chi connectivity index (χ4n) is 2.77. The van der Waals surface area contributed by atoms with Gasteiger partial charge in [-0.2, -0.15) is 0 Å². The highest BCUT2D eigenvalue weighted by Gasteiger charge is 2.09. The Balaban J connectivity index is 2.02. The predicted octanol–water partition coefficient (Wildman–Crippen LogP) is 3.05. The van der Waals surface area contributed by atoms with Crippen LogP contribution in [-0.4, -0.2) is 50.3 Å². The van der Waals surface area contributed by atoms with Crippen molar-refractivity contribution in [2.75, 3.05) is 34.4 Å². The van der Waals surface area contributed by atoms with Crippen LogP contribution in [0.25, 0.3) is 0 Å². The summed E-state index contributed by atoms with van der Waals surface area (Å²) in [6.07, 6.45) is 0.633. The number of rotatable bonds is 8. The lowest BCUT2D eigenvalue weighted by molar-refractivity contribution is 0.370. The van der Waals surface area contributed by atoms with Crippen molar-refractivity contribution in [3.63, 3.8) is 0 Å². The smallest absolute Gasteiger partial charge is 0.193 e. The molecule has 0 aliphatic rings. The van der Waals surface area contributed by atoms with E-state index >= 15 is 0 Å². The standard InChI is InChI=1S/C21H29N3O3/c1-5-22-21(24(2)15-16-9-11-18(26-3)12-10-16)23-14-13-17-7-6-8-19(27-4)20(17)25/h6-12,25H,5,13-15H2,1-4H3,(H,22,23). The molecule has 0 spiro atoms. The number of aromatic hydroxyl groups is 1. The largest absolute Gasteiger partial charge is 0.504 e. The minimum Gasteiger partial charge on any atom is -0.504 e. The highest BCUT2D eigenvalue weighted by molar-refractivity contribution is 5.79. The van der Waals surface area contributed by atoms with Gasteiger partial charge in [0.1, 0.15) is 5.75 Å². The average molecular weight is 371 g/mol. The van der Waals surface area contributed by atoms with Crippen molar-refractivity contribution in [1.82, 2.24) is 10.2 Å². The molecule has 0 amide bonds. The van der Waals surface area contributed by atoms with Gasteiger partial charge in [-0.25, -0.2) is 0 Å². The van der Waals surface area contributed by atoms with Crippen LogP contribution in [0, 0.1) is 0 Å². The molecule has 2 N–H and O–H groups in total. The number of phenolic OH excluding ortho intramolecular Hbond substituents is 1. The number of nitrogens with zero attached hydrogens (tertiary/aromatic N) is 2. The third kappa shape index (κ3) is 5.81. The molecule has 2 rings (SSSR count). The molecule has 6 nitrogen and oxygen atoms in total. The van der Waals surface area contributed by atoms with E-state index in [0.29, 0.717) is 18.7 Å². The van der Waals surface area contributed by atoms with E-state index in [9.17, 15) is 5.11 Å². The monoisotopic (exact) mass is 371 g/mol. The Kier molecular flexibility index (Phi) is 7.79. The van der Waals surface area contributed by atoms with E-state index in [4.69, 9.17) is 14.5 Å². The van der Waals surface area contributed by atoms with Crippen LogP contribution in [0.3, 0.4) is 0 Å². The van der Waals surface area contributed by atoms with Crippen LogP contribution >= 0.6 is 0 Å². The van der Waals surface area contributed by atoms with Gasteiger partial charge in [0.25, 0.3) is 0 Å². The van der Waals surface area contributed by atoms with E-state index in [-0.39, 0.29) is 5.75 Å². The maximum absolute atomic E-state index is 10.2. The second-order valence-corrected chi connectivity index (χ2v) is 6.16. The van der Waals surface area contributed by atoms with Crippen LogP contribution < -0.4 is 14.8 Å². The number of guanidine groups is 1. The number of nitrogens with one attached hydrogen (secondary N) is 1. The molecule has 0 aliphatic heterocycles. The number of para-hydroxylation sites is 1. The highest BCUT2D eigenvalue weighted by Crippen LogP contribution is 2.29. The van der Waals surface area contributed by atoms with Crippen molar-refractivity contribution >= 4 is 5.96 Å². The van der Waals surface area contributed by atoms with Crippen molar-refractivity contribution in [2.45, 2.75) is 19.9 Å². The SMILES string of the molecule is CCNC(=NCCc1cccc(OC)c1O)N(C)Cc1ccc(OC)cc1. The summed E-state index contributed by atoms with van der Waals surface area (Å²) in [5, 5.41) is 13.5. The first-order valence-electron chi connectivity index (χ1n) is 9.06. The summed E-state index contributed by atoms with van der Waals surface area (Å²) in [5.41, 5.74) is 2.00. The summed E-state index contributed by atoms with van der Waals surface area (Å²) in [6, 6.07) is 13.5. The van der Waals surface area contributed by atoms with Crippen molar-refractivity contribution in [3.05, 3.63) is 53.6 Å². The van der Waals surface area contributed by atoms with Gasteiger partial charge >= 0.3 is 0 Å². The van der Waals surface area contributed by atoms with Gasteiger partial charge in [0, 0.05) is 26.7 Å². The Morgan fingerprint density at radius 2 is 1.85 bits per heavy atom. The minimum absolute atomic E-state index is 0.187. The summed E-state index contributed by atoms with van der Waals surface area (Å²) in [5.74, 6) is 2.35. The molecule has 2 aromatic rings. The highest BCUT2D eigenvalue weighted by atomic mass is 16.5. The number of methoxy groups -OCH3 is 2. The van der Waals surface area contributed by atoms with E-state index in [1.54, 1.807) is 20.3 Å². The molecule has 0 aliphatic carbocycles. The van der Waals surface area contributed by atoms with Gasteiger partial charge in [0.15, 0.2) is 17.5 Å². The normalized spacial score (nSPS) is 11.2. The van der Waals surface area contributed by atoms with Crippen molar-refractivity contribution in [3.8, 4) is 17.2 Å². The van der Waals surface area contributed by atoms with Gasteiger partial charge in [-0.05, 0) is 42.7 Å². The summed E-state index contributed by atoms with van der Waals surface area (Å²) in [6.45, 7) is 4.14. The predicted molar refractivity (Wildman–Crippen MR) is 109 cm³/mol. The Morgan fingerprint density at radius 3 is 2.48 bits per heavy atom. The van der Waals surface area contributed by atoms with Crippen molar-refractivity contribution in [2.24, 2.45) is 4.99 Å². The minimum atomic E-state index is 0.187. The summed E-state index contributed by atoms with van der Waals surface area (Å²) in [7, 11) is 5.22. The van der Waals surface area contributed by atoms with Crippen LogP contribution in [-0.2, 0) is 13.0 Å². The van der Waals surface area contributed by atoms with Crippen LogP contribution in [0.2, 0.25) is 0 Å². The van der Waals surface area contributed by atoms with Crippen LogP contribution in [0.15, 0.2) is 47.5 Å². The number of benzene rings is 2. The topological polar surface area (TPSA) is 66.3 Å². The second kappa shape index (κ2) is 10.3. The Hall–Kier alpha value is -2.89. The number of hydrogen-bond acceptors (Lipinski definition) is 4. The molecule has 0 saturated heterocycles. The molecule has 0 saturated carbocycles. The molecule has 0 bridgehead atoms. The van der Waals surface area contributed by atoms with Crippen LogP contribution in [0.4, 0.5) is 0 Å². The van der Waals surface area contributed by atoms with E-state index in [2.05, 4.69) is 10.2 Å². The number of hydrogen-bond donors (Lipinski definition) is 2. The fraction of sp³-hybridized carbons (Fsp3) is 0.381. The molecule has 27 heavy (non-hydrogen) atoms. The quantitative estimate of drug-likeness (QED) is 0.551. The Bertz CT molecular complexity index is 745. The number of ether oxygens (including phenoxy) is 2. The molecule has 6 heteroatoms. The Morgan fingerprint density at radius 1 is 1.11 bits per heavy atom. The number of phenols is 1. The molecular weight excluding hydrogens is 342 g/mol. The molecule has 2 aromatic carbocycles. The van der Waals surface area contributed by atoms with Crippen LogP contribution in [0.5, 0.6) is 17.2 Å². The van der Waals surface area contributed by atoms with Crippen molar-refractivity contribution < 1.29 is 14.6 Å². The van der Waals surface area contributed by atoms with E-state index < -0.39 is 0 Å². The molecule has 0 fully saturated rings. The summed E-state index contributed by atoms with van der Waals surface area (Å²) < 4.78 is 10.4. The molecule has 0 aromatic heterocycles. The number of aliphatic imine (C=N–C) groups is 1. The van der Waals surface area contributed by atoms with Crippen molar-refractivity contribution in [1.29, 1.82) is 0 Å². The first-order chi connectivity index (χ1) is 13.1. The van der Waals surface area contributed by atoms with Crippen LogP contribution in [0.1, 0.15) is 18.1 Å². The van der Waals surface area contributed by atoms with Gasteiger partial charge in [-0.15, -0.1) is 0 Å². The maximum Gasteiger partial charge on any atom is 0.193 e. The lowest BCUT2D eigenvalue weighted by Gasteiger charge is -2.22. The average Bonchev–Trinajstić information content (AvgIpc) is 2.69. The van der Waals surface area contributed by atoms with Gasteiger partial charge in [0.05, 0.1) is 14.2 Å². The lowest BCUT2D eigenvalue weighted by atomic mass is 10.1. The molecule has 0 atom stereocenters. The van der Waals surface area contributed by atoms with E-state index in [1.165, 1.54) is 5.56 Å². The molecule has 146 valence electrons. The molecule has 0 heterocycles. The zero-order chi connectivity index (χ0) is 19.6. The third-order valence-electron chi connectivity index (χ3n) is 4.22. The maximum atomic E-state index is 10.2. The molecule has 0 unspecified atom stereocenters. The summed E-state index contributed by atoms with van der Waals surface area (Å²) in [4.78, 5) is 6.77. The fourth-order valence-corrected chi connectivity index (χ4v) is 2.77.